The van der Waals surface area contributed by atoms with Crippen molar-refractivity contribution in [1.82, 2.24) is 0 Å². The molecule has 0 aliphatic carbocycles. The number of hydrogen-bond donors (Lipinski definition) is 2. The van der Waals surface area contributed by atoms with Crippen LogP contribution in [0.2, 0.25) is 5.02 Å². The van der Waals surface area contributed by atoms with Crippen LogP contribution in [0.4, 0.5) is 5.69 Å². The topological polar surface area (TPSA) is 66.4 Å². The van der Waals surface area contributed by atoms with Gasteiger partial charge in [-0.25, -0.2) is 4.79 Å². The first kappa shape index (κ1) is 16.0. The molecule has 2 rings (SSSR count). The fraction of sp³-hybridized carbons (Fsp3) is 0.176. The zero-order valence-electron chi connectivity index (χ0n) is 12.1. The first-order valence-electron chi connectivity index (χ1n) is 6.84. The summed E-state index contributed by atoms with van der Waals surface area (Å²) in [4.78, 5) is 23.2. The largest absolute Gasteiger partial charge is 0.478 e. The lowest BCUT2D eigenvalue weighted by atomic mass is 10.1. The van der Waals surface area contributed by atoms with E-state index in [9.17, 15) is 9.59 Å². The van der Waals surface area contributed by atoms with E-state index < -0.39 is 5.97 Å². The highest BCUT2D eigenvalue weighted by molar-refractivity contribution is 6.31. The van der Waals surface area contributed by atoms with Crippen molar-refractivity contribution >= 4 is 29.2 Å². The lowest BCUT2D eigenvalue weighted by molar-refractivity contribution is -0.116. The van der Waals surface area contributed by atoms with Crippen LogP contribution in [0.1, 0.15) is 27.9 Å². The Hall–Kier alpha value is -2.33. The van der Waals surface area contributed by atoms with Gasteiger partial charge < -0.3 is 10.4 Å². The summed E-state index contributed by atoms with van der Waals surface area (Å²) in [5.74, 6) is -1.36. The van der Waals surface area contributed by atoms with Gasteiger partial charge in [-0.15, -0.1) is 0 Å². The Kier molecular flexibility index (Phi) is 5.17. The third-order valence-electron chi connectivity index (χ3n) is 3.21. The Bertz CT molecular complexity index is 713. The Morgan fingerprint density at radius 1 is 1.18 bits per heavy atom. The first-order chi connectivity index (χ1) is 10.5. The monoisotopic (exact) mass is 317 g/mol. The van der Waals surface area contributed by atoms with Gasteiger partial charge in [-0.1, -0.05) is 41.4 Å². The highest BCUT2D eigenvalue weighted by Crippen LogP contribution is 2.21. The molecule has 114 valence electrons. The van der Waals surface area contributed by atoms with E-state index >= 15 is 0 Å². The fourth-order valence-electron chi connectivity index (χ4n) is 2.14. The summed E-state index contributed by atoms with van der Waals surface area (Å²) in [5, 5.41) is 12.1. The van der Waals surface area contributed by atoms with E-state index in [1.807, 2.05) is 31.2 Å². The van der Waals surface area contributed by atoms with Crippen LogP contribution in [0.3, 0.4) is 0 Å². The molecule has 2 aromatic carbocycles. The molecule has 0 aliphatic heterocycles. The third-order valence-corrected chi connectivity index (χ3v) is 3.44. The summed E-state index contributed by atoms with van der Waals surface area (Å²) in [6.07, 6.45) is 0.884. The van der Waals surface area contributed by atoms with Gasteiger partial charge in [0.1, 0.15) is 0 Å². The summed E-state index contributed by atoms with van der Waals surface area (Å²) in [6.45, 7) is 2.00. The molecule has 2 N–H and O–H groups in total. The zero-order valence-corrected chi connectivity index (χ0v) is 12.9. The van der Waals surface area contributed by atoms with Gasteiger partial charge in [0.05, 0.1) is 11.3 Å². The summed E-state index contributed by atoms with van der Waals surface area (Å²) < 4.78 is 0. The van der Waals surface area contributed by atoms with E-state index in [1.165, 1.54) is 12.1 Å². The standard InChI is InChI=1S/C17H16ClNO3/c1-11-3-2-4-12(9-11)5-8-16(20)19-15-7-6-13(18)10-14(15)17(21)22/h2-4,6-7,9-10H,5,8H2,1H3,(H,19,20)(H,21,22). The molecule has 0 atom stereocenters. The van der Waals surface area contributed by atoms with Crippen LogP contribution in [0.5, 0.6) is 0 Å². The molecular weight excluding hydrogens is 302 g/mol. The summed E-state index contributed by atoms with van der Waals surface area (Å²) >= 11 is 5.78. The average Bonchev–Trinajstić information content (AvgIpc) is 2.47. The number of amides is 1. The van der Waals surface area contributed by atoms with E-state index in [1.54, 1.807) is 6.07 Å². The van der Waals surface area contributed by atoms with Crippen LogP contribution in [-0.4, -0.2) is 17.0 Å². The number of nitrogens with one attached hydrogen (secondary N) is 1. The van der Waals surface area contributed by atoms with Crippen LogP contribution < -0.4 is 5.32 Å². The van der Waals surface area contributed by atoms with Crippen LogP contribution in [0, 0.1) is 6.92 Å². The van der Waals surface area contributed by atoms with Gasteiger partial charge in [0.25, 0.3) is 0 Å². The molecule has 0 aromatic heterocycles. The van der Waals surface area contributed by atoms with E-state index in [0.29, 0.717) is 11.4 Å². The smallest absolute Gasteiger partial charge is 0.337 e. The fourth-order valence-corrected chi connectivity index (χ4v) is 2.31. The number of carbonyl (C=O) groups excluding carboxylic acids is 1. The minimum atomic E-state index is -1.13. The molecule has 0 bridgehead atoms. The van der Waals surface area contributed by atoms with Gasteiger partial charge in [-0.05, 0) is 37.1 Å². The summed E-state index contributed by atoms with van der Waals surface area (Å²) in [6, 6.07) is 12.3. The van der Waals surface area contributed by atoms with Gasteiger partial charge in [0.2, 0.25) is 5.91 Å². The number of carbonyl (C=O) groups is 2. The van der Waals surface area contributed by atoms with Crippen LogP contribution >= 0.6 is 11.6 Å². The lowest BCUT2D eigenvalue weighted by Gasteiger charge is -2.09. The number of carboxylic acids is 1. The second kappa shape index (κ2) is 7.09. The minimum absolute atomic E-state index is 0.0172. The minimum Gasteiger partial charge on any atom is -0.478 e. The average molecular weight is 318 g/mol. The number of aryl methyl sites for hydroxylation is 2. The zero-order chi connectivity index (χ0) is 16.1. The number of carboxylic acid groups (broad SMARTS) is 1. The van der Waals surface area contributed by atoms with Gasteiger partial charge in [0, 0.05) is 11.4 Å². The lowest BCUT2D eigenvalue weighted by Crippen LogP contribution is -2.15. The highest BCUT2D eigenvalue weighted by atomic mass is 35.5. The van der Waals surface area contributed by atoms with Gasteiger partial charge >= 0.3 is 5.97 Å². The van der Waals surface area contributed by atoms with Gasteiger partial charge in [-0.3, -0.25) is 4.79 Å². The Morgan fingerprint density at radius 3 is 2.64 bits per heavy atom. The predicted molar refractivity (Wildman–Crippen MR) is 86.5 cm³/mol. The maximum atomic E-state index is 12.0. The van der Waals surface area contributed by atoms with E-state index in [2.05, 4.69) is 5.32 Å². The molecule has 0 unspecified atom stereocenters. The van der Waals surface area contributed by atoms with Crippen molar-refractivity contribution in [2.24, 2.45) is 0 Å². The van der Waals surface area contributed by atoms with Crippen molar-refractivity contribution in [3.05, 3.63) is 64.2 Å². The number of aromatic carboxylic acids is 1. The van der Waals surface area contributed by atoms with E-state index in [4.69, 9.17) is 16.7 Å². The number of anilines is 1. The molecule has 0 fully saturated rings. The molecule has 22 heavy (non-hydrogen) atoms. The summed E-state index contributed by atoms with van der Waals surface area (Å²) in [7, 11) is 0. The van der Waals surface area contributed by atoms with E-state index in [0.717, 1.165) is 11.1 Å². The molecular formula is C17H16ClNO3. The normalized spacial score (nSPS) is 10.3. The van der Waals surface area contributed by atoms with Crippen LogP contribution in [0.25, 0.3) is 0 Å². The van der Waals surface area contributed by atoms with Crippen molar-refractivity contribution in [1.29, 1.82) is 0 Å². The molecule has 5 heteroatoms. The van der Waals surface area contributed by atoms with Crippen molar-refractivity contribution in [2.45, 2.75) is 19.8 Å². The van der Waals surface area contributed by atoms with Crippen molar-refractivity contribution < 1.29 is 14.7 Å². The molecule has 0 saturated heterocycles. The molecule has 1 amide bonds. The second-order valence-corrected chi connectivity index (χ2v) is 5.47. The molecule has 2 aromatic rings. The first-order valence-corrected chi connectivity index (χ1v) is 7.22. The van der Waals surface area contributed by atoms with Crippen molar-refractivity contribution in [3.8, 4) is 0 Å². The Morgan fingerprint density at radius 2 is 1.95 bits per heavy atom. The quantitative estimate of drug-likeness (QED) is 0.878. The molecule has 4 nitrogen and oxygen atoms in total. The Labute approximate surface area is 133 Å². The Balaban J connectivity index is 2.02. The maximum Gasteiger partial charge on any atom is 0.337 e. The number of halogens is 1. The van der Waals surface area contributed by atoms with Crippen molar-refractivity contribution in [3.63, 3.8) is 0 Å². The third kappa shape index (κ3) is 4.33. The van der Waals surface area contributed by atoms with Gasteiger partial charge in [0.15, 0.2) is 0 Å². The van der Waals surface area contributed by atoms with E-state index in [-0.39, 0.29) is 23.6 Å². The summed E-state index contributed by atoms with van der Waals surface area (Å²) in [5.41, 5.74) is 2.45. The second-order valence-electron chi connectivity index (χ2n) is 5.03. The molecule has 0 radical (unpaired) electrons. The van der Waals surface area contributed by atoms with Crippen LogP contribution in [0.15, 0.2) is 42.5 Å². The van der Waals surface area contributed by atoms with Gasteiger partial charge in [-0.2, -0.15) is 0 Å². The molecule has 0 heterocycles. The highest BCUT2D eigenvalue weighted by Gasteiger charge is 2.13. The number of hydrogen-bond acceptors (Lipinski definition) is 2. The number of rotatable bonds is 5. The molecule has 0 spiro atoms. The number of benzene rings is 2. The SMILES string of the molecule is Cc1cccc(CCC(=O)Nc2ccc(Cl)cc2C(=O)O)c1. The van der Waals surface area contributed by atoms with Crippen LogP contribution in [-0.2, 0) is 11.2 Å². The maximum absolute atomic E-state index is 12.0. The molecule has 0 saturated carbocycles. The van der Waals surface area contributed by atoms with Crippen molar-refractivity contribution in [2.75, 3.05) is 5.32 Å². The molecule has 0 aliphatic rings. The predicted octanol–water partition coefficient (Wildman–Crippen LogP) is 3.92.